The monoisotopic (exact) mass is 436 g/mol. The van der Waals surface area contributed by atoms with Crippen LogP contribution in [0.4, 0.5) is 5.69 Å². The van der Waals surface area contributed by atoms with Gasteiger partial charge in [0.15, 0.2) is 0 Å². The molecule has 0 saturated heterocycles. The summed E-state index contributed by atoms with van der Waals surface area (Å²) in [6, 6.07) is 12.7. The summed E-state index contributed by atoms with van der Waals surface area (Å²) >= 11 is 15.4. The minimum atomic E-state index is -0.954. The minimum Gasteiger partial charge on any atom is -0.480 e. The summed E-state index contributed by atoms with van der Waals surface area (Å²) in [7, 11) is 0. The molecule has 0 saturated carbocycles. The van der Waals surface area contributed by atoms with E-state index in [1.54, 1.807) is 11.0 Å². The summed E-state index contributed by atoms with van der Waals surface area (Å²) in [6.45, 7) is 1.64. The fourth-order valence-corrected chi connectivity index (χ4v) is 3.56. The maximum atomic E-state index is 11.3. The van der Waals surface area contributed by atoms with Gasteiger partial charge in [0.25, 0.3) is 0 Å². The molecule has 7 heteroatoms. The van der Waals surface area contributed by atoms with E-state index in [0.29, 0.717) is 21.4 Å². The number of thiocarbonyl (C=S) groups is 1. The molecule has 1 unspecified atom stereocenters. The third-order valence-corrected chi connectivity index (χ3v) is 5.26. The molecule has 0 aromatic heterocycles. The Hall–Kier alpha value is -1.76. The normalized spacial score (nSPS) is 16.9. The summed E-state index contributed by atoms with van der Waals surface area (Å²) < 4.78 is 0.863. The maximum Gasteiger partial charge on any atom is 0.323 e. The first kappa shape index (κ1) is 18.0. The van der Waals surface area contributed by atoms with E-state index in [9.17, 15) is 9.90 Å². The van der Waals surface area contributed by atoms with E-state index in [1.807, 2.05) is 43.3 Å². The molecule has 1 aliphatic heterocycles. The number of anilines is 1. The predicted molar refractivity (Wildman–Crippen MR) is 108 cm³/mol. The third-order valence-electron chi connectivity index (χ3n) is 3.87. The largest absolute Gasteiger partial charge is 0.480 e. The van der Waals surface area contributed by atoms with Crippen LogP contribution in [0.5, 0.6) is 0 Å². The lowest BCUT2D eigenvalue weighted by Crippen LogP contribution is -2.39. The first-order chi connectivity index (χ1) is 11.9. The van der Waals surface area contributed by atoms with Crippen molar-refractivity contribution in [1.29, 1.82) is 0 Å². The van der Waals surface area contributed by atoms with Gasteiger partial charge < -0.3 is 10.0 Å². The quantitative estimate of drug-likeness (QED) is 0.715. The Kier molecular flexibility index (Phi) is 5.22. The highest BCUT2D eigenvalue weighted by Gasteiger charge is 2.29. The second kappa shape index (κ2) is 7.23. The molecule has 1 heterocycles. The molecule has 0 spiro atoms. The highest BCUT2D eigenvalue weighted by Crippen LogP contribution is 2.33. The zero-order chi connectivity index (χ0) is 18.1. The zero-order valence-corrected chi connectivity index (χ0v) is 16.4. The lowest BCUT2D eigenvalue weighted by Gasteiger charge is -2.25. The van der Waals surface area contributed by atoms with Crippen LogP contribution in [0.25, 0.3) is 0 Å². The van der Waals surface area contributed by atoms with Crippen molar-refractivity contribution in [2.24, 2.45) is 4.99 Å². The first-order valence-electron chi connectivity index (χ1n) is 7.54. The van der Waals surface area contributed by atoms with Gasteiger partial charge in [-0.1, -0.05) is 57.9 Å². The van der Waals surface area contributed by atoms with Crippen LogP contribution in [-0.2, 0) is 4.79 Å². The Morgan fingerprint density at radius 3 is 2.72 bits per heavy atom. The van der Waals surface area contributed by atoms with E-state index in [1.165, 1.54) is 0 Å². The van der Waals surface area contributed by atoms with Crippen LogP contribution >= 0.6 is 39.7 Å². The Balaban J connectivity index is 2.27. The number of benzodiazepines with no additional fused rings is 1. The molecule has 4 nitrogen and oxygen atoms in total. The van der Waals surface area contributed by atoms with Crippen LogP contribution in [0.2, 0.25) is 5.02 Å². The Bertz CT molecular complexity index is 900. The second-order valence-electron chi connectivity index (χ2n) is 5.61. The van der Waals surface area contributed by atoms with E-state index >= 15 is 0 Å². The zero-order valence-electron chi connectivity index (χ0n) is 13.2. The molecule has 25 heavy (non-hydrogen) atoms. The number of rotatable bonds is 3. The smallest absolute Gasteiger partial charge is 0.323 e. The number of benzene rings is 2. The maximum absolute atomic E-state index is 11.3. The molecular formula is C18H14BrClN2O2S. The Morgan fingerprint density at radius 2 is 2.04 bits per heavy atom. The summed E-state index contributed by atoms with van der Waals surface area (Å²) in [6.07, 6.45) is 0. The highest BCUT2D eigenvalue weighted by atomic mass is 79.9. The molecule has 1 N–H and O–H groups in total. The lowest BCUT2D eigenvalue weighted by atomic mass is 10.00. The Morgan fingerprint density at radius 1 is 1.32 bits per heavy atom. The van der Waals surface area contributed by atoms with Crippen molar-refractivity contribution >= 4 is 62.1 Å². The van der Waals surface area contributed by atoms with Crippen molar-refractivity contribution in [3.63, 3.8) is 0 Å². The number of halogens is 2. The fraction of sp³-hybridized carbons (Fsp3) is 0.167. The first-order valence-corrected chi connectivity index (χ1v) is 9.12. The standard InChI is InChI=1S/C18H14BrClN2O2S/c1-10-18(25)22(9-16(23)24)15-7-6-11(19)8-13(15)17(21-10)12-4-2-3-5-14(12)20/h2-8,10H,9H2,1H3,(H,23,24). The molecule has 0 fully saturated rings. The van der Waals surface area contributed by atoms with Crippen LogP contribution in [0, 0.1) is 0 Å². The highest BCUT2D eigenvalue weighted by molar-refractivity contribution is 9.10. The number of carbonyl (C=O) groups is 1. The number of nitrogens with zero attached hydrogens (tertiary/aromatic N) is 2. The molecular weight excluding hydrogens is 424 g/mol. The van der Waals surface area contributed by atoms with Crippen LogP contribution in [0.1, 0.15) is 18.1 Å². The van der Waals surface area contributed by atoms with Crippen molar-refractivity contribution < 1.29 is 9.90 Å². The molecule has 0 aliphatic carbocycles. The SMILES string of the molecule is CC1N=C(c2ccccc2Cl)c2cc(Br)ccc2N(CC(=O)O)C1=S. The topological polar surface area (TPSA) is 52.9 Å². The summed E-state index contributed by atoms with van der Waals surface area (Å²) in [5.41, 5.74) is 2.98. The van der Waals surface area contributed by atoms with Crippen molar-refractivity contribution in [2.75, 3.05) is 11.4 Å². The summed E-state index contributed by atoms with van der Waals surface area (Å²) in [4.78, 5) is 18.2. The number of aliphatic carboxylic acids is 1. The molecule has 2 aromatic carbocycles. The molecule has 1 aliphatic rings. The Labute approximate surface area is 164 Å². The average molecular weight is 438 g/mol. The molecule has 3 rings (SSSR count). The van der Waals surface area contributed by atoms with Gasteiger partial charge in [0.2, 0.25) is 0 Å². The van der Waals surface area contributed by atoms with Crippen molar-refractivity contribution in [3.05, 3.63) is 63.1 Å². The van der Waals surface area contributed by atoms with Gasteiger partial charge in [-0.15, -0.1) is 0 Å². The predicted octanol–water partition coefficient (Wildman–Crippen LogP) is 4.56. The number of carboxylic acid groups (broad SMARTS) is 1. The molecule has 1 atom stereocenters. The van der Waals surface area contributed by atoms with E-state index in [0.717, 1.165) is 15.6 Å². The van der Waals surface area contributed by atoms with E-state index in [4.69, 9.17) is 28.8 Å². The second-order valence-corrected chi connectivity index (χ2v) is 7.35. The van der Waals surface area contributed by atoms with E-state index in [2.05, 4.69) is 15.9 Å². The summed E-state index contributed by atoms with van der Waals surface area (Å²) in [5, 5.41) is 9.88. The van der Waals surface area contributed by atoms with Crippen LogP contribution < -0.4 is 4.90 Å². The van der Waals surface area contributed by atoms with Crippen molar-refractivity contribution in [1.82, 2.24) is 0 Å². The van der Waals surface area contributed by atoms with Gasteiger partial charge in [-0.05, 0) is 31.2 Å². The number of fused-ring (bicyclic) bond motifs is 1. The van der Waals surface area contributed by atoms with Gasteiger partial charge in [0.1, 0.15) is 11.5 Å². The van der Waals surface area contributed by atoms with Gasteiger partial charge in [0.05, 0.1) is 17.4 Å². The van der Waals surface area contributed by atoms with Crippen molar-refractivity contribution in [2.45, 2.75) is 13.0 Å². The van der Waals surface area contributed by atoms with Gasteiger partial charge in [-0.3, -0.25) is 9.79 Å². The van der Waals surface area contributed by atoms with Crippen LogP contribution in [0.15, 0.2) is 51.9 Å². The average Bonchev–Trinajstić information content (AvgIpc) is 2.66. The molecule has 0 radical (unpaired) electrons. The van der Waals surface area contributed by atoms with Gasteiger partial charge in [0, 0.05) is 20.6 Å². The van der Waals surface area contributed by atoms with E-state index in [-0.39, 0.29) is 12.6 Å². The molecule has 2 aromatic rings. The third kappa shape index (κ3) is 3.61. The molecule has 0 amide bonds. The number of hydrogen-bond donors (Lipinski definition) is 1. The van der Waals surface area contributed by atoms with Gasteiger partial charge in [-0.25, -0.2) is 0 Å². The number of hydrogen-bond acceptors (Lipinski definition) is 3. The number of aliphatic imine (C=N–C) groups is 1. The number of carboxylic acids is 1. The van der Waals surface area contributed by atoms with Crippen LogP contribution in [-0.4, -0.2) is 34.4 Å². The van der Waals surface area contributed by atoms with Gasteiger partial charge >= 0.3 is 5.97 Å². The van der Waals surface area contributed by atoms with Crippen LogP contribution in [0.3, 0.4) is 0 Å². The van der Waals surface area contributed by atoms with Crippen molar-refractivity contribution in [3.8, 4) is 0 Å². The lowest BCUT2D eigenvalue weighted by molar-refractivity contribution is -0.135. The van der Waals surface area contributed by atoms with Gasteiger partial charge in [-0.2, -0.15) is 0 Å². The minimum absolute atomic E-state index is 0.219. The molecule has 0 bridgehead atoms. The fourth-order valence-electron chi connectivity index (χ4n) is 2.76. The molecule has 128 valence electrons. The van der Waals surface area contributed by atoms with E-state index < -0.39 is 5.97 Å². The summed E-state index contributed by atoms with van der Waals surface area (Å²) in [5.74, 6) is -0.954.